The Labute approximate surface area is 115 Å². The molecule has 98 valence electrons. The first kappa shape index (κ1) is 13.4. The molecule has 1 atom stereocenters. The molecule has 3 N–H and O–H groups in total. The first-order valence-corrected chi connectivity index (χ1v) is 6.83. The van der Waals surface area contributed by atoms with Crippen molar-refractivity contribution in [3.05, 3.63) is 28.2 Å². The predicted molar refractivity (Wildman–Crippen MR) is 73.4 cm³/mol. The van der Waals surface area contributed by atoms with Crippen molar-refractivity contribution in [3.8, 4) is 5.75 Å². The van der Waals surface area contributed by atoms with E-state index in [-0.39, 0.29) is 18.6 Å². The number of hydrogen-bond donors (Lipinski definition) is 2. The Bertz CT molecular complexity index is 445. The molecule has 5 heteroatoms. The van der Waals surface area contributed by atoms with E-state index in [1.807, 2.05) is 25.1 Å². The van der Waals surface area contributed by atoms with Gasteiger partial charge in [0.25, 0.3) is 5.91 Å². The molecule has 2 rings (SSSR count). The molecule has 1 aliphatic rings. The van der Waals surface area contributed by atoms with Crippen LogP contribution in [0.1, 0.15) is 31.4 Å². The Hall–Kier alpha value is -1.07. The van der Waals surface area contributed by atoms with Gasteiger partial charge in [-0.1, -0.05) is 22.0 Å². The third kappa shape index (κ3) is 3.71. The standard InChI is InChI=1S/C13H17BrN2O2/c1-8(15)11-5-2-9(14)6-12(11)18-7-13(17)16-10-3-4-10/h2,5-6,8,10H,3-4,7,15H2,1H3,(H,16,17). The van der Waals surface area contributed by atoms with Gasteiger partial charge < -0.3 is 15.8 Å². The zero-order valence-electron chi connectivity index (χ0n) is 10.3. The molecule has 1 amide bonds. The van der Waals surface area contributed by atoms with Crippen molar-refractivity contribution in [2.75, 3.05) is 6.61 Å². The molecular weight excluding hydrogens is 296 g/mol. The summed E-state index contributed by atoms with van der Waals surface area (Å²) in [7, 11) is 0. The molecule has 0 radical (unpaired) electrons. The quantitative estimate of drug-likeness (QED) is 0.875. The summed E-state index contributed by atoms with van der Waals surface area (Å²) >= 11 is 3.38. The molecule has 0 aliphatic heterocycles. The summed E-state index contributed by atoms with van der Waals surface area (Å²) in [5, 5.41) is 2.88. The van der Waals surface area contributed by atoms with Crippen LogP contribution in [0.2, 0.25) is 0 Å². The van der Waals surface area contributed by atoms with E-state index in [0.717, 1.165) is 22.9 Å². The van der Waals surface area contributed by atoms with Gasteiger partial charge in [0.2, 0.25) is 0 Å². The molecule has 1 fully saturated rings. The second kappa shape index (κ2) is 5.71. The molecule has 0 spiro atoms. The number of amides is 1. The molecule has 1 saturated carbocycles. The van der Waals surface area contributed by atoms with Crippen molar-refractivity contribution in [1.29, 1.82) is 0 Å². The number of carbonyl (C=O) groups excluding carboxylic acids is 1. The molecule has 1 aromatic carbocycles. The van der Waals surface area contributed by atoms with E-state index in [2.05, 4.69) is 21.2 Å². The van der Waals surface area contributed by atoms with Gasteiger partial charge >= 0.3 is 0 Å². The number of halogens is 1. The summed E-state index contributed by atoms with van der Waals surface area (Å²) in [6.07, 6.45) is 2.15. The summed E-state index contributed by atoms with van der Waals surface area (Å²) in [6.45, 7) is 1.92. The highest BCUT2D eigenvalue weighted by Gasteiger charge is 2.23. The van der Waals surface area contributed by atoms with Crippen LogP contribution in [0.15, 0.2) is 22.7 Å². The molecular formula is C13H17BrN2O2. The van der Waals surface area contributed by atoms with E-state index in [1.165, 1.54) is 0 Å². The number of hydrogen-bond acceptors (Lipinski definition) is 3. The molecule has 1 unspecified atom stereocenters. The maximum Gasteiger partial charge on any atom is 0.258 e. The molecule has 0 heterocycles. The van der Waals surface area contributed by atoms with Gasteiger partial charge in [0.05, 0.1) is 0 Å². The van der Waals surface area contributed by atoms with Gasteiger partial charge in [-0.3, -0.25) is 4.79 Å². The Balaban J connectivity index is 1.98. The number of ether oxygens (including phenoxy) is 1. The summed E-state index contributed by atoms with van der Waals surface area (Å²) in [5.41, 5.74) is 6.77. The van der Waals surface area contributed by atoms with Gasteiger partial charge in [-0.05, 0) is 31.9 Å². The lowest BCUT2D eigenvalue weighted by atomic mass is 10.1. The number of rotatable bonds is 5. The summed E-state index contributed by atoms with van der Waals surface area (Å²) < 4.78 is 6.45. The van der Waals surface area contributed by atoms with Gasteiger partial charge in [-0.2, -0.15) is 0 Å². The maximum absolute atomic E-state index is 11.6. The van der Waals surface area contributed by atoms with Crippen molar-refractivity contribution in [2.45, 2.75) is 31.8 Å². The molecule has 0 bridgehead atoms. The van der Waals surface area contributed by atoms with E-state index in [9.17, 15) is 4.79 Å². The number of benzene rings is 1. The van der Waals surface area contributed by atoms with E-state index < -0.39 is 0 Å². The Morgan fingerprint density at radius 1 is 1.61 bits per heavy atom. The van der Waals surface area contributed by atoms with Crippen LogP contribution in [-0.4, -0.2) is 18.6 Å². The summed E-state index contributed by atoms with van der Waals surface area (Å²) in [5.74, 6) is 0.582. The number of nitrogens with one attached hydrogen (secondary N) is 1. The van der Waals surface area contributed by atoms with Gasteiger partial charge in [0.1, 0.15) is 5.75 Å². The fraction of sp³-hybridized carbons (Fsp3) is 0.462. The van der Waals surface area contributed by atoms with Crippen LogP contribution in [-0.2, 0) is 4.79 Å². The second-order valence-electron chi connectivity index (χ2n) is 4.60. The van der Waals surface area contributed by atoms with Crippen LogP contribution < -0.4 is 15.8 Å². The largest absolute Gasteiger partial charge is 0.483 e. The highest BCUT2D eigenvalue weighted by Crippen LogP contribution is 2.27. The highest BCUT2D eigenvalue weighted by molar-refractivity contribution is 9.10. The van der Waals surface area contributed by atoms with Crippen LogP contribution in [0.3, 0.4) is 0 Å². The first-order valence-electron chi connectivity index (χ1n) is 6.03. The molecule has 1 aromatic rings. The Kier molecular flexibility index (Phi) is 4.24. The SMILES string of the molecule is CC(N)c1ccc(Br)cc1OCC(=O)NC1CC1. The van der Waals surface area contributed by atoms with Crippen LogP contribution in [0.25, 0.3) is 0 Å². The minimum Gasteiger partial charge on any atom is -0.483 e. The zero-order chi connectivity index (χ0) is 13.1. The fourth-order valence-corrected chi connectivity index (χ4v) is 1.99. The van der Waals surface area contributed by atoms with E-state index in [0.29, 0.717) is 11.8 Å². The minimum atomic E-state index is -0.125. The average Bonchev–Trinajstić information content (AvgIpc) is 3.10. The molecule has 1 aliphatic carbocycles. The van der Waals surface area contributed by atoms with Crippen LogP contribution >= 0.6 is 15.9 Å². The summed E-state index contributed by atoms with van der Waals surface area (Å²) in [6, 6.07) is 5.89. The lowest BCUT2D eigenvalue weighted by Gasteiger charge is -2.14. The topological polar surface area (TPSA) is 64.3 Å². The van der Waals surface area contributed by atoms with Gasteiger partial charge in [-0.15, -0.1) is 0 Å². The maximum atomic E-state index is 11.6. The Morgan fingerprint density at radius 2 is 2.33 bits per heavy atom. The van der Waals surface area contributed by atoms with Crippen molar-refractivity contribution in [2.24, 2.45) is 5.73 Å². The second-order valence-corrected chi connectivity index (χ2v) is 5.52. The lowest BCUT2D eigenvalue weighted by Crippen LogP contribution is -2.30. The van der Waals surface area contributed by atoms with E-state index >= 15 is 0 Å². The molecule has 0 saturated heterocycles. The van der Waals surface area contributed by atoms with Gasteiger partial charge in [0, 0.05) is 22.1 Å². The number of carbonyl (C=O) groups is 1. The Morgan fingerprint density at radius 3 is 2.94 bits per heavy atom. The van der Waals surface area contributed by atoms with Crippen molar-refractivity contribution in [3.63, 3.8) is 0 Å². The summed E-state index contributed by atoms with van der Waals surface area (Å²) in [4.78, 5) is 11.6. The fourth-order valence-electron chi connectivity index (χ4n) is 1.65. The third-order valence-electron chi connectivity index (χ3n) is 2.77. The van der Waals surface area contributed by atoms with Gasteiger partial charge in [0.15, 0.2) is 6.61 Å². The predicted octanol–water partition coefficient (Wildman–Crippen LogP) is 2.13. The highest BCUT2D eigenvalue weighted by atomic mass is 79.9. The van der Waals surface area contributed by atoms with Crippen LogP contribution in [0, 0.1) is 0 Å². The first-order chi connectivity index (χ1) is 8.56. The minimum absolute atomic E-state index is 0.0344. The van der Waals surface area contributed by atoms with Crippen LogP contribution in [0.4, 0.5) is 0 Å². The van der Waals surface area contributed by atoms with Crippen molar-refractivity contribution >= 4 is 21.8 Å². The van der Waals surface area contributed by atoms with E-state index in [4.69, 9.17) is 10.5 Å². The van der Waals surface area contributed by atoms with Gasteiger partial charge in [-0.25, -0.2) is 0 Å². The molecule has 18 heavy (non-hydrogen) atoms. The smallest absolute Gasteiger partial charge is 0.258 e. The average molecular weight is 313 g/mol. The lowest BCUT2D eigenvalue weighted by molar-refractivity contribution is -0.123. The monoisotopic (exact) mass is 312 g/mol. The van der Waals surface area contributed by atoms with Crippen molar-refractivity contribution in [1.82, 2.24) is 5.32 Å². The van der Waals surface area contributed by atoms with E-state index in [1.54, 1.807) is 0 Å². The molecule has 4 nitrogen and oxygen atoms in total. The molecule has 0 aromatic heterocycles. The number of nitrogens with two attached hydrogens (primary N) is 1. The zero-order valence-corrected chi connectivity index (χ0v) is 11.9. The van der Waals surface area contributed by atoms with Crippen molar-refractivity contribution < 1.29 is 9.53 Å². The van der Waals surface area contributed by atoms with Crippen LogP contribution in [0.5, 0.6) is 5.75 Å². The normalized spacial score (nSPS) is 16.2. The third-order valence-corrected chi connectivity index (χ3v) is 3.26.